The summed E-state index contributed by atoms with van der Waals surface area (Å²) in [4.78, 5) is 0. The van der Waals surface area contributed by atoms with Crippen LogP contribution in [0.25, 0.3) is 0 Å². The summed E-state index contributed by atoms with van der Waals surface area (Å²) in [6.07, 6.45) is 0. The van der Waals surface area contributed by atoms with E-state index >= 15 is 0 Å². The molecule has 1 nitrogen and oxygen atoms in total. The average Bonchev–Trinajstić information content (AvgIpc) is 1.37. The first-order valence-electron chi connectivity index (χ1n) is 0.591. The molecule has 0 N–H and O–H groups in total. The van der Waals surface area contributed by atoms with Crippen LogP contribution in [0.5, 0.6) is 0 Å². The van der Waals surface area contributed by atoms with E-state index in [1.54, 1.807) is 0 Å². The molecule has 0 spiro atoms. The smallest absolute Gasteiger partial charge is 0.0613 e. The largest absolute Gasteiger partial charge is 0.407 e. The van der Waals surface area contributed by atoms with Crippen LogP contribution in [0.1, 0.15) is 0 Å². The van der Waals surface area contributed by atoms with Crippen molar-refractivity contribution >= 4 is 29.7 Å². The number of hydrogen-bond acceptors (Lipinski definition) is 3. The van der Waals surface area contributed by atoms with Gasteiger partial charge < -0.3 is 0 Å². The van der Waals surface area contributed by atoms with E-state index in [0.717, 1.165) is 10.4 Å². The molecule has 0 aliphatic heterocycles. The maximum atomic E-state index is 9.21. The summed E-state index contributed by atoms with van der Waals surface area (Å²) in [5.41, 5.74) is 0. The van der Waals surface area contributed by atoms with E-state index in [0.29, 0.717) is 0 Å². The first-order chi connectivity index (χ1) is 1.91. The van der Waals surface area contributed by atoms with E-state index in [4.69, 9.17) is 0 Å². The van der Waals surface area contributed by atoms with E-state index in [1.807, 2.05) is 0 Å². The molecule has 5 heavy (non-hydrogen) atoms. The van der Waals surface area contributed by atoms with Crippen LogP contribution in [-0.2, 0) is 25.6 Å². The Kier molecular flexibility index (Phi) is 17.6. The number of thiol groups is 1. The Hall–Kier alpha value is 1.49. The second kappa shape index (κ2) is 9.09. The van der Waals surface area contributed by atoms with Crippen LogP contribution in [0.3, 0.4) is 0 Å². The van der Waals surface area contributed by atoms with Gasteiger partial charge in [0.2, 0.25) is 0 Å². The molecule has 1 atom stereocenters. The van der Waals surface area contributed by atoms with Gasteiger partial charge in [-0.15, -0.1) is 0 Å². The van der Waals surface area contributed by atoms with E-state index in [9.17, 15) is 4.57 Å². The molecule has 0 aromatic carbocycles. The molecule has 0 rings (SSSR count). The van der Waals surface area contributed by atoms with Gasteiger partial charge in [-0.2, -0.15) is 0 Å². The predicted octanol–water partition coefficient (Wildman–Crippen LogP) is 1.50. The zero-order chi connectivity index (χ0) is 3.41. The second-order valence-electron chi connectivity index (χ2n) is 0.175. The third kappa shape index (κ3) is 10.8. The zero-order valence-corrected chi connectivity index (χ0v) is 6.89. The Bertz CT molecular complexity index is 23.6. The SMILES string of the molecule is O=[PH+]SS.[Mo]. The average molecular weight is 209 g/mol. The number of hydrogen-bond donors (Lipinski definition) is 1. The Labute approximate surface area is 55.3 Å². The minimum absolute atomic E-state index is 0. The fourth-order valence-electron chi connectivity index (χ4n) is 0. The van der Waals surface area contributed by atoms with Gasteiger partial charge in [-0.1, -0.05) is 16.2 Å². The molecular formula is H2MoOPS2+. The third-order valence-electron chi connectivity index (χ3n) is 0.0373. The zero-order valence-electron chi connectivity index (χ0n) is 2.17. The van der Waals surface area contributed by atoms with Crippen LogP contribution in [0.15, 0.2) is 0 Å². The normalized spacial score (nSPS) is 6.60. The van der Waals surface area contributed by atoms with Crippen LogP contribution >= 0.6 is 29.7 Å². The first kappa shape index (κ1) is 9.70. The molecule has 0 aromatic heterocycles. The van der Waals surface area contributed by atoms with Gasteiger partial charge in [-0.25, -0.2) is 0 Å². The summed E-state index contributed by atoms with van der Waals surface area (Å²) in [5.74, 6) is 0. The Balaban J connectivity index is 0. The van der Waals surface area contributed by atoms with Crippen LogP contribution < -0.4 is 0 Å². The molecule has 0 saturated heterocycles. The monoisotopic (exact) mass is 211 g/mol. The summed E-state index contributed by atoms with van der Waals surface area (Å²) in [7, 11) is 0.694. The maximum absolute atomic E-state index is 9.21. The Morgan fingerprint density at radius 1 is 1.80 bits per heavy atom. The minimum Gasteiger partial charge on any atom is -0.0613 e. The molecular weight excluding hydrogens is 207 g/mol. The predicted molar refractivity (Wildman–Crippen MR) is 25.6 cm³/mol. The fourth-order valence-corrected chi connectivity index (χ4v) is 0. The molecule has 0 saturated carbocycles. The summed E-state index contributed by atoms with van der Waals surface area (Å²) in [6.45, 7) is 0. The quantitative estimate of drug-likeness (QED) is 0.305. The van der Waals surface area contributed by atoms with Crippen molar-refractivity contribution in [3.8, 4) is 0 Å². The molecule has 0 fully saturated rings. The molecule has 5 heteroatoms. The van der Waals surface area contributed by atoms with Crippen molar-refractivity contribution in [3.05, 3.63) is 0 Å². The number of rotatable bonds is 1. The molecule has 0 heterocycles. The second-order valence-corrected chi connectivity index (χ2v) is 3.21. The Morgan fingerprint density at radius 2 is 2.00 bits per heavy atom. The molecule has 0 aliphatic rings. The Morgan fingerprint density at radius 3 is 2.00 bits per heavy atom. The van der Waals surface area contributed by atoms with Crippen molar-refractivity contribution < 1.29 is 25.6 Å². The van der Waals surface area contributed by atoms with Crippen molar-refractivity contribution in [1.29, 1.82) is 0 Å². The summed E-state index contributed by atoms with van der Waals surface area (Å²) >= 11 is 3.54. The van der Waals surface area contributed by atoms with Gasteiger partial charge in [0, 0.05) is 21.1 Å². The van der Waals surface area contributed by atoms with Crippen molar-refractivity contribution in [3.63, 3.8) is 0 Å². The topological polar surface area (TPSA) is 17.1 Å². The first-order valence-corrected chi connectivity index (χ1v) is 4.09. The molecule has 30 valence electrons. The molecule has 1 unspecified atom stereocenters. The molecule has 0 radical (unpaired) electrons. The van der Waals surface area contributed by atoms with Gasteiger partial charge in [0.15, 0.2) is 10.4 Å². The van der Waals surface area contributed by atoms with Crippen LogP contribution in [0.2, 0.25) is 0 Å². The van der Waals surface area contributed by atoms with Gasteiger partial charge >= 0.3 is 7.66 Å². The summed E-state index contributed by atoms with van der Waals surface area (Å²) < 4.78 is 9.21. The van der Waals surface area contributed by atoms with E-state index in [2.05, 4.69) is 11.7 Å². The van der Waals surface area contributed by atoms with Crippen molar-refractivity contribution in [2.75, 3.05) is 0 Å². The summed E-state index contributed by atoms with van der Waals surface area (Å²) in [6, 6.07) is 0. The molecule has 0 bridgehead atoms. The van der Waals surface area contributed by atoms with Gasteiger partial charge in [-0.05, 0) is 0 Å². The van der Waals surface area contributed by atoms with E-state index in [1.165, 1.54) is 0 Å². The van der Waals surface area contributed by atoms with Gasteiger partial charge in [-0.3, -0.25) is 0 Å². The molecule has 0 amide bonds. The van der Waals surface area contributed by atoms with Crippen molar-refractivity contribution in [2.24, 2.45) is 0 Å². The fraction of sp³-hybridized carbons (Fsp3) is 0. The van der Waals surface area contributed by atoms with E-state index < -0.39 is 0 Å². The van der Waals surface area contributed by atoms with Gasteiger partial charge in [0.25, 0.3) is 0 Å². The van der Waals surface area contributed by atoms with Crippen molar-refractivity contribution in [1.82, 2.24) is 0 Å². The van der Waals surface area contributed by atoms with Gasteiger partial charge in [0.1, 0.15) is 0 Å². The standard InChI is InChI=1S/Mo.HOPS2/c;1-2-4-3/h;3H/p+1. The van der Waals surface area contributed by atoms with Gasteiger partial charge in [0.05, 0.1) is 0 Å². The third-order valence-corrected chi connectivity index (χ3v) is 1.01. The summed E-state index contributed by atoms with van der Waals surface area (Å²) in [5, 5.41) is 0. The van der Waals surface area contributed by atoms with Crippen molar-refractivity contribution in [2.45, 2.75) is 0 Å². The molecule has 0 aliphatic carbocycles. The molecule has 0 aromatic rings. The minimum atomic E-state index is -0.329. The maximum Gasteiger partial charge on any atom is 0.407 e. The van der Waals surface area contributed by atoms with Crippen LogP contribution in [0, 0.1) is 0 Å². The van der Waals surface area contributed by atoms with E-state index in [-0.39, 0.29) is 28.7 Å². The van der Waals surface area contributed by atoms with Crippen LogP contribution in [-0.4, -0.2) is 0 Å². The van der Waals surface area contributed by atoms with Crippen LogP contribution in [0.4, 0.5) is 0 Å².